The molecule has 0 heterocycles. The molecule has 1 aromatic carbocycles. The van der Waals surface area contributed by atoms with E-state index < -0.39 is 8.24 Å². The van der Waals surface area contributed by atoms with Crippen molar-refractivity contribution in [3.63, 3.8) is 0 Å². The van der Waals surface area contributed by atoms with Crippen LogP contribution in [0.1, 0.15) is 0 Å². The summed E-state index contributed by atoms with van der Waals surface area (Å²) in [6.45, 7) is 0.121. The van der Waals surface area contributed by atoms with E-state index in [9.17, 15) is 9.90 Å². The number of benzene rings is 1. The summed E-state index contributed by atoms with van der Waals surface area (Å²) < 4.78 is -0.699. The Morgan fingerprint density at radius 1 is 1.44 bits per heavy atom. The zero-order chi connectivity index (χ0) is 12.3. The fourth-order valence-corrected chi connectivity index (χ4v) is 2.02. The van der Waals surface area contributed by atoms with Crippen LogP contribution in [0.15, 0.2) is 24.3 Å². The minimum absolute atomic E-state index is 0.121. The zero-order valence-electron chi connectivity index (χ0n) is 7.79. The van der Waals surface area contributed by atoms with E-state index in [4.69, 9.17) is 11.6 Å². The summed E-state index contributed by atoms with van der Waals surface area (Å²) in [4.78, 5) is 12.1. The largest absolute Gasteiger partial charge is 0.530 e. The lowest BCUT2D eigenvalue weighted by molar-refractivity contribution is -0.246. The van der Waals surface area contributed by atoms with Crippen molar-refractivity contribution in [2.75, 3.05) is 11.4 Å². The molecule has 16 heavy (non-hydrogen) atoms. The maximum absolute atomic E-state index is 11.0. The number of hydrogen-bond donors (Lipinski definition) is 0. The van der Waals surface area contributed by atoms with E-state index in [1.165, 1.54) is 0 Å². The second-order valence-corrected chi connectivity index (χ2v) is 10.6. The third-order valence-corrected chi connectivity index (χ3v) is 2.67. The smallest absolute Gasteiger partial charge is 0.152 e. The molecule has 7 heteroatoms. The van der Waals surface area contributed by atoms with E-state index in [-0.39, 0.29) is 6.54 Å². The Morgan fingerprint density at radius 2 is 2.06 bits per heavy atom. The SMILES string of the molecule is O=C([O-])N(CC(Br)(Br)Br)c1cccc(Cl)c1. The normalized spacial score (nSPS) is 11.2. The summed E-state index contributed by atoms with van der Waals surface area (Å²) in [7, 11) is 0. The molecule has 88 valence electrons. The lowest BCUT2D eigenvalue weighted by atomic mass is 10.3. The van der Waals surface area contributed by atoms with Crippen molar-refractivity contribution >= 4 is 71.2 Å². The number of anilines is 1. The first kappa shape index (κ1) is 14.3. The Bertz CT molecular complexity index is 395. The first-order valence-electron chi connectivity index (χ1n) is 4.10. The second-order valence-electron chi connectivity index (χ2n) is 2.95. The number of carboxylic acid groups (broad SMARTS) is 1. The van der Waals surface area contributed by atoms with Gasteiger partial charge in [0.25, 0.3) is 0 Å². The van der Waals surface area contributed by atoms with Crippen molar-refractivity contribution in [3.05, 3.63) is 29.3 Å². The van der Waals surface area contributed by atoms with E-state index in [0.29, 0.717) is 10.7 Å². The van der Waals surface area contributed by atoms with Gasteiger partial charge in [-0.2, -0.15) is 0 Å². The average Bonchev–Trinajstić information content (AvgIpc) is 2.12. The van der Waals surface area contributed by atoms with Gasteiger partial charge in [-0.05, 0) is 18.2 Å². The molecule has 1 rings (SSSR count). The van der Waals surface area contributed by atoms with Crippen molar-refractivity contribution in [3.8, 4) is 0 Å². The van der Waals surface area contributed by atoms with Crippen LogP contribution in [0, 0.1) is 0 Å². The van der Waals surface area contributed by atoms with Gasteiger partial charge in [0.15, 0.2) is 2.14 Å². The lowest BCUT2D eigenvalue weighted by Gasteiger charge is -2.29. The van der Waals surface area contributed by atoms with Crippen LogP contribution in [-0.2, 0) is 0 Å². The molecule has 0 saturated carbocycles. The summed E-state index contributed by atoms with van der Waals surface area (Å²) >= 11 is 15.5. The van der Waals surface area contributed by atoms with Gasteiger partial charge in [-0.15, -0.1) is 0 Å². The molecule has 0 aliphatic carbocycles. The van der Waals surface area contributed by atoms with Crippen LogP contribution in [0.5, 0.6) is 0 Å². The highest BCUT2D eigenvalue weighted by Gasteiger charge is 2.23. The Hall–Kier alpha value is 0.220. The predicted molar refractivity (Wildman–Crippen MR) is 73.7 cm³/mol. The van der Waals surface area contributed by atoms with Gasteiger partial charge in [-0.1, -0.05) is 65.5 Å². The Labute approximate surface area is 123 Å². The van der Waals surface area contributed by atoms with E-state index in [1.807, 2.05) is 0 Å². The first-order chi connectivity index (χ1) is 7.29. The van der Waals surface area contributed by atoms with Crippen molar-refractivity contribution in [1.82, 2.24) is 0 Å². The van der Waals surface area contributed by atoms with Crippen LogP contribution >= 0.6 is 59.4 Å². The summed E-state index contributed by atoms with van der Waals surface area (Å²) in [5, 5.41) is 11.5. The fraction of sp³-hybridized carbons (Fsp3) is 0.222. The topological polar surface area (TPSA) is 43.4 Å². The molecule has 0 fully saturated rings. The van der Waals surface area contributed by atoms with Crippen molar-refractivity contribution in [2.24, 2.45) is 0 Å². The van der Waals surface area contributed by atoms with Crippen molar-refractivity contribution in [1.29, 1.82) is 0 Å². The van der Waals surface area contributed by atoms with Crippen LogP contribution in [0.3, 0.4) is 0 Å². The third-order valence-electron chi connectivity index (χ3n) is 1.68. The number of carbonyl (C=O) groups is 1. The number of rotatable bonds is 2. The van der Waals surface area contributed by atoms with E-state index in [1.54, 1.807) is 24.3 Å². The zero-order valence-corrected chi connectivity index (χ0v) is 13.3. The van der Waals surface area contributed by atoms with Crippen molar-refractivity contribution < 1.29 is 9.90 Å². The molecule has 0 aliphatic heterocycles. The molecule has 0 N–H and O–H groups in total. The maximum Gasteiger partial charge on any atom is 0.152 e. The van der Waals surface area contributed by atoms with E-state index >= 15 is 0 Å². The third kappa shape index (κ3) is 4.61. The quantitative estimate of drug-likeness (QED) is 0.669. The monoisotopic (exact) mass is 432 g/mol. The molecule has 0 bridgehead atoms. The molecule has 3 nitrogen and oxygen atoms in total. The predicted octanol–water partition coefficient (Wildman–Crippen LogP) is 3.33. The molecular formula is C9H6Br3ClNO2-. The van der Waals surface area contributed by atoms with Gasteiger partial charge in [0, 0.05) is 10.7 Å². The van der Waals surface area contributed by atoms with Crippen molar-refractivity contribution in [2.45, 2.75) is 2.14 Å². The summed E-state index contributed by atoms with van der Waals surface area (Å²) in [5.74, 6) is 0. The van der Waals surface area contributed by atoms with Gasteiger partial charge < -0.3 is 14.8 Å². The Kier molecular flexibility index (Phi) is 5.10. The number of amides is 1. The van der Waals surface area contributed by atoms with E-state index in [0.717, 1.165) is 4.90 Å². The van der Waals surface area contributed by atoms with Crippen LogP contribution in [0.25, 0.3) is 0 Å². The molecule has 0 aliphatic rings. The number of alkyl halides is 3. The Morgan fingerprint density at radius 3 is 2.50 bits per heavy atom. The number of nitrogens with zero attached hydrogens (tertiary/aromatic N) is 1. The molecular weight excluding hydrogens is 429 g/mol. The van der Waals surface area contributed by atoms with Gasteiger partial charge in [0.1, 0.15) is 6.09 Å². The molecule has 1 aromatic rings. The highest BCUT2D eigenvalue weighted by Crippen LogP contribution is 2.35. The second kappa shape index (κ2) is 5.71. The van der Waals surface area contributed by atoms with Crippen LogP contribution in [-0.4, -0.2) is 14.8 Å². The number of carbonyl (C=O) groups excluding carboxylic acids is 1. The molecule has 0 saturated heterocycles. The van der Waals surface area contributed by atoms with Crippen LogP contribution in [0.2, 0.25) is 5.02 Å². The van der Waals surface area contributed by atoms with Gasteiger partial charge in [-0.3, -0.25) is 0 Å². The van der Waals surface area contributed by atoms with Crippen LogP contribution in [0.4, 0.5) is 10.5 Å². The highest BCUT2D eigenvalue weighted by atomic mass is 80.0. The van der Waals surface area contributed by atoms with Gasteiger partial charge in [-0.25, -0.2) is 0 Å². The molecule has 0 radical (unpaired) electrons. The first-order valence-corrected chi connectivity index (χ1v) is 6.86. The summed E-state index contributed by atoms with van der Waals surface area (Å²) in [6, 6.07) is 6.53. The molecule has 0 unspecified atom stereocenters. The summed E-state index contributed by atoms with van der Waals surface area (Å²) in [6.07, 6.45) is -1.30. The van der Waals surface area contributed by atoms with Gasteiger partial charge in [0.05, 0.1) is 6.54 Å². The maximum atomic E-state index is 11.0. The number of halogens is 4. The van der Waals surface area contributed by atoms with E-state index in [2.05, 4.69) is 47.8 Å². The Balaban J connectivity index is 2.99. The molecule has 1 amide bonds. The minimum atomic E-state index is -1.30. The van der Waals surface area contributed by atoms with Gasteiger partial charge in [0.2, 0.25) is 0 Å². The summed E-state index contributed by atoms with van der Waals surface area (Å²) in [5.41, 5.74) is 0.454. The lowest BCUT2D eigenvalue weighted by Crippen LogP contribution is -2.45. The highest BCUT2D eigenvalue weighted by molar-refractivity contribution is 9.39. The fourth-order valence-electron chi connectivity index (χ4n) is 1.08. The minimum Gasteiger partial charge on any atom is -0.530 e. The van der Waals surface area contributed by atoms with Gasteiger partial charge >= 0.3 is 0 Å². The standard InChI is InChI=1S/C9H7Br3ClNO2/c10-9(11,12)5-14(8(15)16)7-3-1-2-6(13)4-7/h1-4H,5H2,(H,15,16)/p-1. The molecule has 0 atom stereocenters. The molecule has 0 aromatic heterocycles. The average molecular weight is 435 g/mol. The van der Waals surface area contributed by atoms with Crippen LogP contribution < -0.4 is 10.0 Å². The molecule has 0 spiro atoms. The number of hydrogen-bond acceptors (Lipinski definition) is 2.